The van der Waals surface area contributed by atoms with Crippen LogP contribution >= 0.6 is 0 Å². The van der Waals surface area contributed by atoms with Gasteiger partial charge in [-0.15, -0.1) is 0 Å². The molecule has 0 N–H and O–H groups in total. The molecule has 0 radical (unpaired) electrons. The van der Waals surface area contributed by atoms with Gasteiger partial charge in [0.1, 0.15) is 5.82 Å². The van der Waals surface area contributed by atoms with E-state index in [1.165, 1.54) is 0 Å². The van der Waals surface area contributed by atoms with Gasteiger partial charge in [-0.25, -0.2) is 9.97 Å². The van der Waals surface area contributed by atoms with E-state index in [9.17, 15) is 4.79 Å². The predicted molar refractivity (Wildman–Crippen MR) is 80.3 cm³/mol. The van der Waals surface area contributed by atoms with Gasteiger partial charge in [0.25, 0.3) is 5.91 Å². The number of hydrogen-bond acceptors (Lipinski definition) is 4. The van der Waals surface area contributed by atoms with Gasteiger partial charge >= 0.3 is 0 Å². The summed E-state index contributed by atoms with van der Waals surface area (Å²) in [6.07, 6.45) is 5.32. The number of piperazine rings is 1. The topological polar surface area (TPSA) is 54.3 Å². The molecule has 1 fully saturated rings. The predicted octanol–water partition coefficient (Wildman–Crippen LogP) is 1.26. The summed E-state index contributed by atoms with van der Waals surface area (Å²) in [4.78, 5) is 25.1. The van der Waals surface area contributed by atoms with Crippen molar-refractivity contribution in [3.63, 3.8) is 0 Å². The summed E-state index contributed by atoms with van der Waals surface area (Å²) in [5.41, 5.74) is 0. The largest absolute Gasteiger partial charge is 0.353 e. The van der Waals surface area contributed by atoms with Crippen LogP contribution in [-0.2, 0) is 6.54 Å². The molecule has 21 heavy (non-hydrogen) atoms. The zero-order valence-electron chi connectivity index (χ0n) is 12.1. The molecule has 1 aliphatic rings. The van der Waals surface area contributed by atoms with Gasteiger partial charge < -0.3 is 14.4 Å². The average Bonchev–Trinajstić information content (AvgIpc) is 3.04. The third-order valence-corrected chi connectivity index (χ3v) is 3.79. The maximum Gasteiger partial charge on any atom is 0.289 e. The summed E-state index contributed by atoms with van der Waals surface area (Å²) in [6.45, 7) is 5.77. The van der Waals surface area contributed by atoms with Crippen molar-refractivity contribution >= 4 is 11.7 Å². The molecule has 2 aromatic rings. The van der Waals surface area contributed by atoms with Crippen molar-refractivity contribution < 1.29 is 4.79 Å². The molecule has 0 atom stereocenters. The second-order valence-corrected chi connectivity index (χ2v) is 5.00. The smallest absolute Gasteiger partial charge is 0.289 e. The molecule has 0 aliphatic carbocycles. The number of carbonyl (C=O) groups is 1. The summed E-state index contributed by atoms with van der Waals surface area (Å²) >= 11 is 0. The van der Waals surface area contributed by atoms with Crippen LogP contribution < -0.4 is 4.90 Å². The maximum atomic E-state index is 12.5. The minimum Gasteiger partial charge on any atom is -0.353 e. The first kappa shape index (κ1) is 13.6. The Labute approximate surface area is 124 Å². The summed E-state index contributed by atoms with van der Waals surface area (Å²) < 4.78 is 1.88. The third-order valence-electron chi connectivity index (χ3n) is 3.79. The number of hydrogen-bond donors (Lipinski definition) is 0. The molecular weight excluding hydrogens is 266 g/mol. The Hall–Kier alpha value is -2.37. The number of amides is 1. The zero-order valence-corrected chi connectivity index (χ0v) is 12.1. The van der Waals surface area contributed by atoms with Crippen LogP contribution in [0.15, 0.2) is 36.8 Å². The van der Waals surface area contributed by atoms with Gasteiger partial charge in [-0.2, -0.15) is 0 Å². The van der Waals surface area contributed by atoms with Crippen molar-refractivity contribution in [1.29, 1.82) is 0 Å². The Balaban J connectivity index is 1.65. The van der Waals surface area contributed by atoms with Crippen molar-refractivity contribution in [3.8, 4) is 0 Å². The average molecular weight is 285 g/mol. The minimum atomic E-state index is 0.0162. The minimum absolute atomic E-state index is 0.0162. The van der Waals surface area contributed by atoms with E-state index in [1.54, 1.807) is 12.4 Å². The fourth-order valence-electron chi connectivity index (χ4n) is 2.58. The number of aromatic nitrogens is 3. The number of imidazole rings is 1. The molecule has 1 amide bonds. The zero-order chi connectivity index (χ0) is 14.7. The lowest BCUT2D eigenvalue weighted by atomic mass is 10.3. The van der Waals surface area contributed by atoms with Gasteiger partial charge in [0.05, 0.1) is 0 Å². The lowest BCUT2D eigenvalue weighted by Crippen LogP contribution is -2.49. The summed E-state index contributed by atoms with van der Waals surface area (Å²) in [5, 5.41) is 0. The maximum absolute atomic E-state index is 12.5. The molecular formula is C15H19N5O. The molecule has 110 valence electrons. The molecule has 1 saturated heterocycles. The normalized spacial score (nSPS) is 15.3. The summed E-state index contributed by atoms with van der Waals surface area (Å²) in [5.74, 6) is 1.52. The number of carbonyl (C=O) groups excluding carboxylic acids is 1. The Morgan fingerprint density at radius 1 is 1.14 bits per heavy atom. The molecule has 0 unspecified atom stereocenters. The number of nitrogens with zero attached hydrogens (tertiary/aromatic N) is 5. The molecule has 6 nitrogen and oxygen atoms in total. The van der Waals surface area contributed by atoms with Gasteiger partial charge in [0.15, 0.2) is 5.82 Å². The van der Waals surface area contributed by atoms with Gasteiger partial charge in [-0.3, -0.25) is 4.79 Å². The van der Waals surface area contributed by atoms with E-state index in [0.717, 1.165) is 25.5 Å². The quantitative estimate of drug-likeness (QED) is 0.852. The van der Waals surface area contributed by atoms with Crippen molar-refractivity contribution in [2.45, 2.75) is 13.5 Å². The van der Waals surface area contributed by atoms with Crippen LogP contribution in [0.4, 0.5) is 5.82 Å². The van der Waals surface area contributed by atoms with Crippen LogP contribution in [0.25, 0.3) is 0 Å². The molecule has 3 rings (SSSR count). The number of aryl methyl sites for hydroxylation is 1. The summed E-state index contributed by atoms with van der Waals surface area (Å²) in [7, 11) is 0. The van der Waals surface area contributed by atoms with Crippen LogP contribution in [0.5, 0.6) is 0 Å². The lowest BCUT2D eigenvalue weighted by Gasteiger charge is -2.35. The monoisotopic (exact) mass is 285 g/mol. The van der Waals surface area contributed by atoms with E-state index >= 15 is 0 Å². The van der Waals surface area contributed by atoms with E-state index in [2.05, 4.69) is 14.9 Å². The molecule has 0 bridgehead atoms. The van der Waals surface area contributed by atoms with Crippen molar-refractivity contribution in [3.05, 3.63) is 42.6 Å². The molecule has 2 aromatic heterocycles. The first-order chi connectivity index (χ1) is 10.3. The van der Waals surface area contributed by atoms with Crippen LogP contribution in [-0.4, -0.2) is 51.5 Å². The van der Waals surface area contributed by atoms with E-state index in [1.807, 2.05) is 40.8 Å². The Morgan fingerprint density at radius 3 is 2.62 bits per heavy atom. The van der Waals surface area contributed by atoms with Crippen LogP contribution in [0.2, 0.25) is 0 Å². The Bertz CT molecular complexity index is 602. The fraction of sp³-hybridized carbons (Fsp3) is 0.400. The second kappa shape index (κ2) is 5.95. The number of anilines is 1. The molecule has 0 spiro atoms. The van der Waals surface area contributed by atoms with E-state index in [4.69, 9.17) is 0 Å². The molecule has 3 heterocycles. The van der Waals surface area contributed by atoms with E-state index < -0.39 is 0 Å². The molecule has 6 heteroatoms. The highest BCUT2D eigenvalue weighted by Crippen LogP contribution is 2.14. The highest BCUT2D eigenvalue weighted by atomic mass is 16.2. The highest BCUT2D eigenvalue weighted by molar-refractivity contribution is 5.91. The van der Waals surface area contributed by atoms with Crippen molar-refractivity contribution in [2.75, 3.05) is 31.1 Å². The third kappa shape index (κ3) is 2.74. The van der Waals surface area contributed by atoms with Crippen molar-refractivity contribution in [2.24, 2.45) is 0 Å². The van der Waals surface area contributed by atoms with Gasteiger partial charge in [-0.05, 0) is 19.1 Å². The van der Waals surface area contributed by atoms with E-state index in [-0.39, 0.29) is 5.91 Å². The van der Waals surface area contributed by atoms with Crippen LogP contribution in [0.3, 0.4) is 0 Å². The number of rotatable bonds is 3. The number of pyridine rings is 1. The molecule has 1 aliphatic heterocycles. The van der Waals surface area contributed by atoms with E-state index in [0.29, 0.717) is 18.9 Å². The van der Waals surface area contributed by atoms with Gasteiger partial charge in [0, 0.05) is 51.3 Å². The Kier molecular flexibility index (Phi) is 3.85. The summed E-state index contributed by atoms with van der Waals surface area (Å²) in [6, 6.07) is 5.90. The van der Waals surface area contributed by atoms with Gasteiger partial charge in [0.2, 0.25) is 0 Å². The molecule has 0 saturated carbocycles. The Morgan fingerprint density at radius 2 is 1.95 bits per heavy atom. The van der Waals surface area contributed by atoms with Crippen LogP contribution in [0.1, 0.15) is 17.5 Å². The van der Waals surface area contributed by atoms with Gasteiger partial charge in [-0.1, -0.05) is 6.07 Å². The van der Waals surface area contributed by atoms with Crippen molar-refractivity contribution in [1.82, 2.24) is 19.4 Å². The SMILES string of the molecule is CCn1ccnc1C(=O)N1CCN(c2ccccn2)CC1. The lowest BCUT2D eigenvalue weighted by molar-refractivity contribution is 0.0729. The standard InChI is InChI=1S/C15H19N5O/c1-2-18-8-7-17-14(18)15(21)20-11-9-19(10-12-20)13-5-3-4-6-16-13/h3-8H,2,9-12H2,1H3. The molecule has 0 aromatic carbocycles. The fourth-order valence-corrected chi connectivity index (χ4v) is 2.58. The first-order valence-electron chi connectivity index (χ1n) is 7.26. The van der Waals surface area contributed by atoms with Crippen LogP contribution in [0, 0.1) is 0 Å². The second-order valence-electron chi connectivity index (χ2n) is 5.00. The first-order valence-corrected chi connectivity index (χ1v) is 7.26. The highest BCUT2D eigenvalue weighted by Gasteiger charge is 2.25.